The summed E-state index contributed by atoms with van der Waals surface area (Å²) in [6, 6.07) is 5.32. The monoisotopic (exact) mass is 308 g/mol. The summed E-state index contributed by atoms with van der Waals surface area (Å²) in [7, 11) is 0. The van der Waals surface area contributed by atoms with Crippen molar-refractivity contribution in [2.24, 2.45) is 0 Å². The number of carbonyl (C=O) groups is 2. The smallest absolute Gasteiger partial charge is 0.410 e. The van der Waals surface area contributed by atoms with E-state index in [1.54, 1.807) is 32.9 Å². The molecule has 2 rings (SSSR count). The summed E-state index contributed by atoms with van der Waals surface area (Å²) >= 11 is 0. The lowest BCUT2D eigenvalue weighted by molar-refractivity contribution is -0.120. The van der Waals surface area contributed by atoms with Gasteiger partial charge in [0, 0.05) is 6.54 Å². The van der Waals surface area contributed by atoms with Gasteiger partial charge in [-0.1, -0.05) is 12.1 Å². The number of halogens is 1. The Bertz CT molecular complexity index is 569. The third kappa shape index (κ3) is 3.96. The maximum absolute atomic E-state index is 13.6. The Kier molecular flexibility index (Phi) is 4.68. The van der Waals surface area contributed by atoms with Crippen molar-refractivity contribution in [3.05, 3.63) is 30.1 Å². The molecule has 1 aromatic rings. The standard InChI is InChI=1S/C16H21FN2O3/c1-16(2,3)22-15(21)19-10-6-9-13(19)14(20)18-12-8-5-4-7-11(12)17/h4-5,7-8,13H,6,9-10H2,1-3H3,(H,18,20)/t13-/m0/s1. The number of ether oxygens (including phenoxy) is 1. The molecule has 1 fully saturated rings. The van der Waals surface area contributed by atoms with Gasteiger partial charge in [-0.3, -0.25) is 9.69 Å². The minimum Gasteiger partial charge on any atom is -0.444 e. The lowest BCUT2D eigenvalue weighted by Gasteiger charge is -2.28. The summed E-state index contributed by atoms with van der Waals surface area (Å²) in [5, 5.41) is 2.54. The Balaban J connectivity index is 2.05. The van der Waals surface area contributed by atoms with Crippen molar-refractivity contribution in [3.8, 4) is 0 Å². The van der Waals surface area contributed by atoms with E-state index in [0.29, 0.717) is 19.4 Å². The first kappa shape index (κ1) is 16.3. The third-order valence-electron chi connectivity index (χ3n) is 3.32. The van der Waals surface area contributed by atoms with Gasteiger partial charge in [0.1, 0.15) is 17.5 Å². The van der Waals surface area contributed by atoms with E-state index in [-0.39, 0.29) is 5.69 Å². The van der Waals surface area contributed by atoms with Gasteiger partial charge in [-0.15, -0.1) is 0 Å². The van der Waals surface area contributed by atoms with E-state index in [0.717, 1.165) is 0 Å². The van der Waals surface area contributed by atoms with Crippen LogP contribution >= 0.6 is 0 Å². The van der Waals surface area contributed by atoms with Crippen LogP contribution in [-0.4, -0.2) is 35.1 Å². The number of hydrogen-bond donors (Lipinski definition) is 1. The van der Waals surface area contributed by atoms with E-state index in [9.17, 15) is 14.0 Å². The number of anilines is 1. The summed E-state index contributed by atoms with van der Waals surface area (Å²) in [4.78, 5) is 25.9. The van der Waals surface area contributed by atoms with Crippen LogP contribution < -0.4 is 5.32 Å². The van der Waals surface area contributed by atoms with E-state index in [1.165, 1.54) is 17.0 Å². The first-order chi connectivity index (χ1) is 10.3. The van der Waals surface area contributed by atoms with Crippen molar-refractivity contribution in [3.63, 3.8) is 0 Å². The van der Waals surface area contributed by atoms with Crippen molar-refractivity contribution in [2.45, 2.75) is 45.3 Å². The second-order valence-electron chi connectivity index (χ2n) is 6.30. The molecule has 0 radical (unpaired) electrons. The van der Waals surface area contributed by atoms with Crippen molar-refractivity contribution in [2.75, 3.05) is 11.9 Å². The highest BCUT2D eigenvalue weighted by molar-refractivity contribution is 5.96. The second kappa shape index (κ2) is 6.34. The lowest BCUT2D eigenvalue weighted by Crippen LogP contribution is -2.45. The fraction of sp³-hybridized carbons (Fsp3) is 0.500. The van der Waals surface area contributed by atoms with E-state index < -0.39 is 29.5 Å². The van der Waals surface area contributed by atoms with Gasteiger partial charge in [-0.25, -0.2) is 9.18 Å². The molecule has 1 aromatic carbocycles. The molecule has 1 aliphatic heterocycles. The quantitative estimate of drug-likeness (QED) is 0.913. The van der Waals surface area contributed by atoms with Crippen LogP contribution in [0, 0.1) is 5.82 Å². The summed E-state index contributed by atoms with van der Waals surface area (Å²) in [6.07, 6.45) is 0.743. The Hall–Kier alpha value is -2.11. The Morgan fingerprint density at radius 2 is 2.00 bits per heavy atom. The molecular formula is C16H21FN2O3. The minimum atomic E-state index is -0.630. The van der Waals surface area contributed by atoms with Crippen LogP contribution in [0.5, 0.6) is 0 Å². The van der Waals surface area contributed by atoms with Crippen molar-refractivity contribution < 1.29 is 18.7 Å². The molecule has 1 heterocycles. The van der Waals surface area contributed by atoms with Crippen LogP contribution in [-0.2, 0) is 9.53 Å². The predicted octanol–water partition coefficient (Wildman–Crippen LogP) is 3.16. The SMILES string of the molecule is CC(C)(C)OC(=O)N1CCC[C@H]1C(=O)Nc1ccccc1F. The molecule has 0 aliphatic carbocycles. The fourth-order valence-corrected chi connectivity index (χ4v) is 2.36. The van der Waals surface area contributed by atoms with Crippen LogP contribution in [0.25, 0.3) is 0 Å². The average Bonchev–Trinajstić information content (AvgIpc) is 2.89. The highest BCUT2D eigenvalue weighted by Crippen LogP contribution is 2.22. The maximum Gasteiger partial charge on any atom is 0.410 e. The summed E-state index contributed by atoms with van der Waals surface area (Å²) in [6.45, 7) is 5.78. The summed E-state index contributed by atoms with van der Waals surface area (Å²) < 4.78 is 18.9. The molecule has 5 nitrogen and oxygen atoms in total. The molecule has 22 heavy (non-hydrogen) atoms. The number of nitrogens with zero attached hydrogens (tertiary/aromatic N) is 1. The number of hydrogen-bond acceptors (Lipinski definition) is 3. The van der Waals surface area contributed by atoms with E-state index in [4.69, 9.17) is 4.74 Å². The Morgan fingerprint density at radius 1 is 1.32 bits per heavy atom. The van der Waals surface area contributed by atoms with Crippen molar-refractivity contribution in [1.82, 2.24) is 4.90 Å². The van der Waals surface area contributed by atoms with Gasteiger partial charge >= 0.3 is 6.09 Å². The molecular weight excluding hydrogens is 287 g/mol. The highest BCUT2D eigenvalue weighted by Gasteiger charge is 2.36. The van der Waals surface area contributed by atoms with E-state index in [2.05, 4.69) is 5.32 Å². The number of likely N-dealkylation sites (tertiary alicyclic amines) is 1. The van der Waals surface area contributed by atoms with Gasteiger partial charge in [0.15, 0.2) is 0 Å². The van der Waals surface area contributed by atoms with E-state index in [1.807, 2.05) is 0 Å². The second-order valence-corrected chi connectivity index (χ2v) is 6.30. The van der Waals surface area contributed by atoms with Gasteiger partial charge in [-0.05, 0) is 45.7 Å². The summed E-state index contributed by atoms with van der Waals surface area (Å²) in [5.41, 5.74) is -0.504. The molecule has 1 N–H and O–H groups in total. The average molecular weight is 308 g/mol. The lowest BCUT2D eigenvalue weighted by atomic mass is 10.2. The van der Waals surface area contributed by atoms with Gasteiger partial charge in [-0.2, -0.15) is 0 Å². The number of carbonyl (C=O) groups excluding carboxylic acids is 2. The number of benzene rings is 1. The zero-order valence-electron chi connectivity index (χ0n) is 13.1. The first-order valence-electron chi connectivity index (χ1n) is 7.33. The number of para-hydroxylation sites is 1. The minimum absolute atomic E-state index is 0.114. The maximum atomic E-state index is 13.6. The molecule has 1 aliphatic rings. The molecule has 1 atom stereocenters. The normalized spacial score (nSPS) is 18.2. The molecule has 1 saturated heterocycles. The van der Waals surface area contributed by atoms with Crippen LogP contribution in [0.15, 0.2) is 24.3 Å². The van der Waals surface area contributed by atoms with Gasteiger partial charge < -0.3 is 10.1 Å². The van der Waals surface area contributed by atoms with Crippen LogP contribution in [0.3, 0.4) is 0 Å². The molecule has 0 unspecified atom stereocenters. The zero-order valence-corrected chi connectivity index (χ0v) is 13.1. The van der Waals surface area contributed by atoms with E-state index >= 15 is 0 Å². The van der Waals surface area contributed by atoms with Crippen LogP contribution in [0.4, 0.5) is 14.9 Å². The third-order valence-corrected chi connectivity index (χ3v) is 3.32. The molecule has 120 valence electrons. The van der Waals surface area contributed by atoms with Gasteiger partial charge in [0.2, 0.25) is 5.91 Å². The molecule has 0 bridgehead atoms. The number of rotatable bonds is 2. The predicted molar refractivity (Wildman–Crippen MR) is 81.0 cm³/mol. The number of nitrogens with one attached hydrogen (secondary N) is 1. The highest BCUT2D eigenvalue weighted by atomic mass is 19.1. The molecule has 2 amide bonds. The summed E-state index contributed by atoms with van der Waals surface area (Å²) in [5.74, 6) is -0.897. The van der Waals surface area contributed by atoms with Crippen LogP contribution in [0.1, 0.15) is 33.6 Å². The molecule has 0 spiro atoms. The van der Waals surface area contributed by atoms with Crippen molar-refractivity contribution >= 4 is 17.7 Å². The number of amides is 2. The topological polar surface area (TPSA) is 58.6 Å². The Morgan fingerprint density at radius 3 is 2.64 bits per heavy atom. The Labute approximate surface area is 129 Å². The molecule has 0 saturated carbocycles. The molecule has 6 heteroatoms. The largest absolute Gasteiger partial charge is 0.444 e. The van der Waals surface area contributed by atoms with Gasteiger partial charge in [0.05, 0.1) is 5.69 Å². The van der Waals surface area contributed by atoms with Crippen molar-refractivity contribution in [1.29, 1.82) is 0 Å². The van der Waals surface area contributed by atoms with Crippen LogP contribution in [0.2, 0.25) is 0 Å². The first-order valence-corrected chi connectivity index (χ1v) is 7.33. The zero-order chi connectivity index (χ0) is 16.3. The van der Waals surface area contributed by atoms with Gasteiger partial charge in [0.25, 0.3) is 0 Å². The molecule has 0 aromatic heterocycles. The fourth-order valence-electron chi connectivity index (χ4n) is 2.36.